The minimum atomic E-state index is -1.16. The highest BCUT2D eigenvalue weighted by Crippen LogP contribution is 2.22. The van der Waals surface area contributed by atoms with Crippen LogP contribution in [0.4, 0.5) is 15.8 Å². The molecule has 0 saturated carbocycles. The number of nitrogen functional groups attached to an aromatic ring is 1. The van der Waals surface area contributed by atoms with Crippen molar-refractivity contribution in [1.29, 1.82) is 0 Å². The summed E-state index contributed by atoms with van der Waals surface area (Å²) in [5.74, 6) is -1.79. The van der Waals surface area contributed by atoms with Gasteiger partial charge < -0.3 is 11.1 Å². The van der Waals surface area contributed by atoms with Crippen molar-refractivity contribution in [3.63, 3.8) is 0 Å². The van der Waals surface area contributed by atoms with Crippen LogP contribution in [0, 0.1) is 5.82 Å². The first-order chi connectivity index (χ1) is 9.86. The molecule has 7 nitrogen and oxygen atoms in total. The van der Waals surface area contributed by atoms with E-state index in [4.69, 9.17) is 17.3 Å². The van der Waals surface area contributed by atoms with E-state index in [1.807, 2.05) is 0 Å². The van der Waals surface area contributed by atoms with Gasteiger partial charge in [0.2, 0.25) is 11.7 Å². The van der Waals surface area contributed by atoms with Gasteiger partial charge in [-0.2, -0.15) is 4.39 Å². The third kappa shape index (κ3) is 3.48. The Hall–Kier alpha value is -2.61. The molecule has 9 heteroatoms. The summed E-state index contributed by atoms with van der Waals surface area (Å²) in [7, 11) is 0. The molecule has 4 N–H and O–H groups in total. The Labute approximate surface area is 122 Å². The number of H-pyrrole nitrogens is 1. The number of anilines is 2. The van der Waals surface area contributed by atoms with E-state index >= 15 is 0 Å². The van der Waals surface area contributed by atoms with Crippen molar-refractivity contribution < 1.29 is 9.18 Å². The average molecular weight is 313 g/mol. The number of nitrogens with two attached hydrogens (primary N) is 1. The molecule has 21 heavy (non-hydrogen) atoms. The van der Waals surface area contributed by atoms with E-state index in [1.54, 1.807) is 11.1 Å². The largest absolute Gasteiger partial charge is 0.397 e. The summed E-state index contributed by atoms with van der Waals surface area (Å²) in [5.41, 5.74) is 4.17. The number of rotatable bonds is 3. The molecule has 0 unspecified atom stereocenters. The van der Waals surface area contributed by atoms with E-state index < -0.39 is 29.5 Å². The fourth-order valence-corrected chi connectivity index (χ4v) is 1.75. The van der Waals surface area contributed by atoms with E-state index in [0.717, 1.165) is 4.57 Å². The highest BCUT2D eigenvalue weighted by molar-refractivity contribution is 6.31. The van der Waals surface area contributed by atoms with Crippen molar-refractivity contribution in [2.75, 3.05) is 11.1 Å². The van der Waals surface area contributed by atoms with Gasteiger partial charge in [-0.3, -0.25) is 19.1 Å². The number of aromatic amines is 1. The molecule has 0 radical (unpaired) electrons. The normalized spacial score (nSPS) is 10.4. The Morgan fingerprint density at radius 3 is 2.86 bits per heavy atom. The van der Waals surface area contributed by atoms with Gasteiger partial charge in [0.15, 0.2) is 0 Å². The topological polar surface area (TPSA) is 110 Å². The molecule has 0 aliphatic heterocycles. The van der Waals surface area contributed by atoms with Gasteiger partial charge in [-0.05, 0) is 18.2 Å². The minimum Gasteiger partial charge on any atom is -0.397 e. The number of halogens is 2. The van der Waals surface area contributed by atoms with Crippen LogP contribution in [0.25, 0.3) is 0 Å². The third-order valence-corrected chi connectivity index (χ3v) is 2.81. The number of hydrogen-bond donors (Lipinski definition) is 3. The lowest BCUT2D eigenvalue weighted by molar-refractivity contribution is -0.116. The number of carbonyl (C=O) groups is 1. The molecular weight excluding hydrogens is 303 g/mol. The number of amides is 1. The average Bonchev–Trinajstić information content (AvgIpc) is 2.40. The molecule has 1 amide bonds. The first-order valence-corrected chi connectivity index (χ1v) is 6.09. The zero-order valence-corrected chi connectivity index (χ0v) is 11.3. The van der Waals surface area contributed by atoms with Crippen LogP contribution in [0.1, 0.15) is 0 Å². The Balaban J connectivity index is 2.19. The lowest BCUT2D eigenvalue weighted by Gasteiger charge is -2.09. The van der Waals surface area contributed by atoms with Crippen LogP contribution in [0.5, 0.6) is 0 Å². The van der Waals surface area contributed by atoms with Crippen molar-refractivity contribution in [1.82, 2.24) is 9.55 Å². The highest BCUT2D eigenvalue weighted by Gasteiger charge is 2.10. The standard InChI is InChI=1S/C12H10ClFN4O3/c13-6-1-2-8(15)9(3-6)16-10(19)5-18-4-7(14)11(20)17-12(18)21/h1-4H,5,15H2,(H,16,19)(H,17,20,21). The van der Waals surface area contributed by atoms with Crippen LogP contribution < -0.4 is 22.3 Å². The Kier molecular flexibility index (Phi) is 4.08. The molecule has 0 spiro atoms. The van der Waals surface area contributed by atoms with Gasteiger partial charge >= 0.3 is 5.69 Å². The molecule has 1 aromatic carbocycles. The van der Waals surface area contributed by atoms with E-state index in [1.165, 1.54) is 12.1 Å². The maximum atomic E-state index is 13.1. The van der Waals surface area contributed by atoms with Crippen molar-refractivity contribution in [3.8, 4) is 0 Å². The molecule has 0 atom stereocenters. The fraction of sp³-hybridized carbons (Fsp3) is 0.0833. The third-order valence-electron chi connectivity index (χ3n) is 2.57. The van der Waals surface area contributed by atoms with Crippen molar-refractivity contribution in [2.24, 2.45) is 0 Å². The van der Waals surface area contributed by atoms with Gasteiger partial charge in [0.1, 0.15) is 6.54 Å². The molecule has 1 heterocycles. The fourth-order valence-electron chi connectivity index (χ4n) is 1.58. The Morgan fingerprint density at radius 2 is 2.14 bits per heavy atom. The van der Waals surface area contributed by atoms with Gasteiger partial charge in [0.05, 0.1) is 17.6 Å². The van der Waals surface area contributed by atoms with Crippen LogP contribution in [-0.4, -0.2) is 15.5 Å². The maximum absolute atomic E-state index is 13.1. The van der Waals surface area contributed by atoms with E-state index in [2.05, 4.69) is 5.32 Å². The SMILES string of the molecule is Nc1ccc(Cl)cc1NC(=O)Cn1cc(F)c(=O)[nH]c1=O. The number of hydrogen-bond acceptors (Lipinski definition) is 4. The number of carbonyl (C=O) groups excluding carboxylic acids is 1. The van der Waals surface area contributed by atoms with Gasteiger partial charge in [-0.1, -0.05) is 11.6 Å². The zero-order valence-electron chi connectivity index (χ0n) is 10.5. The number of nitrogens with one attached hydrogen (secondary N) is 2. The summed E-state index contributed by atoms with van der Waals surface area (Å²) >= 11 is 5.77. The zero-order chi connectivity index (χ0) is 15.6. The van der Waals surface area contributed by atoms with E-state index in [9.17, 15) is 18.8 Å². The van der Waals surface area contributed by atoms with Crippen LogP contribution in [-0.2, 0) is 11.3 Å². The van der Waals surface area contributed by atoms with E-state index in [0.29, 0.717) is 11.2 Å². The number of nitrogens with zero attached hydrogens (tertiary/aromatic N) is 1. The Morgan fingerprint density at radius 1 is 1.43 bits per heavy atom. The van der Waals surface area contributed by atoms with E-state index in [-0.39, 0.29) is 11.4 Å². The summed E-state index contributed by atoms with van der Waals surface area (Å²) in [6.07, 6.45) is 0.655. The molecule has 2 rings (SSSR count). The van der Waals surface area contributed by atoms with Gasteiger partial charge in [0.25, 0.3) is 5.56 Å². The molecule has 0 aliphatic carbocycles. The molecule has 0 bridgehead atoms. The molecule has 0 fully saturated rings. The molecular formula is C12H10ClFN4O3. The summed E-state index contributed by atoms with van der Waals surface area (Å²) in [4.78, 5) is 35.8. The molecule has 2 aromatic rings. The quantitative estimate of drug-likeness (QED) is 0.719. The van der Waals surface area contributed by atoms with Crippen LogP contribution in [0.3, 0.4) is 0 Å². The van der Waals surface area contributed by atoms with Crippen LogP contribution >= 0.6 is 11.6 Å². The smallest absolute Gasteiger partial charge is 0.328 e. The maximum Gasteiger partial charge on any atom is 0.328 e. The second-order valence-corrected chi connectivity index (χ2v) is 4.58. The van der Waals surface area contributed by atoms with Gasteiger partial charge in [0, 0.05) is 5.02 Å². The van der Waals surface area contributed by atoms with Crippen molar-refractivity contribution >= 4 is 28.9 Å². The first kappa shape index (κ1) is 14.8. The van der Waals surface area contributed by atoms with Crippen LogP contribution in [0.2, 0.25) is 5.02 Å². The molecule has 1 aromatic heterocycles. The van der Waals surface area contributed by atoms with Crippen molar-refractivity contribution in [2.45, 2.75) is 6.54 Å². The molecule has 110 valence electrons. The monoisotopic (exact) mass is 312 g/mol. The minimum absolute atomic E-state index is 0.269. The summed E-state index contributed by atoms with van der Waals surface area (Å²) < 4.78 is 13.8. The highest BCUT2D eigenvalue weighted by atomic mass is 35.5. The molecule has 0 saturated heterocycles. The second-order valence-electron chi connectivity index (χ2n) is 4.14. The van der Waals surface area contributed by atoms with Gasteiger partial charge in [-0.25, -0.2) is 4.79 Å². The lowest BCUT2D eigenvalue weighted by atomic mass is 10.2. The predicted octanol–water partition coefficient (Wildman–Crippen LogP) is 0.550. The number of aromatic nitrogens is 2. The molecule has 0 aliphatic rings. The van der Waals surface area contributed by atoms with Crippen LogP contribution in [0.15, 0.2) is 34.0 Å². The second kappa shape index (κ2) is 5.80. The number of benzene rings is 1. The van der Waals surface area contributed by atoms with Crippen molar-refractivity contribution in [3.05, 3.63) is 56.1 Å². The summed E-state index contributed by atoms with van der Waals surface area (Å²) in [6, 6.07) is 4.49. The summed E-state index contributed by atoms with van der Waals surface area (Å²) in [6.45, 7) is -0.488. The predicted molar refractivity (Wildman–Crippen MR) is 75.8 cm³/mol. The Bertz CT molecular complexity index is 815. The first-order valence-electron chi connectivity index (χ1n) is 5.71. The lowest BCUT2D eigenvalue weighted by Crippen LogP contribution is -2.34. The summed E-state index contributed by atoms with van der Waals surface area (Å²) in [5, 5.41) is 2.81. The van der Waals surface area contributed by atoms with Gasteiger partial charge in [-0.15, -0.1) is 0 Å².